The maximum absolute atomic E-state index is 12.1. The molecule has 1 aromatic carbocycles. The van der Waals surface area contributed by atoms with Crippen LogP contribution in [0.25, 0.3) is 0 Å². The van der Waals surface area contributed by atoms with Gasteiger partial charge in [-0.15, -0.1) is 0 Å². The van der Waals surface area contributed by atoms with E-state index in [1.54, 1.807) is 25.1 Å². The van der Waals surface area contributed by atoms with Crippen molar-refractivity contribution in [2.75, 3.05) is 12.3 Å². The normalized spacial score (nSPS) is 11.7. The average Bonchev–Trinajstić information content (AvgIpc) is 2.32. The molecular formula is C13H22N2O2S. The highest BCUT2D eigenvalue weighted by Gasteiger charge is 2.16. The van der Waals surface area contributed by atoms with Crippen molar-refractivity contribution in [3.05, 3.63) is 23.8 Å². The van der Waals surface area contributed by atoms with Crippen molar-refractivity contribution in [3.8, 4) is 0 Å². The Bertz CT molecular complexity index is 484. The zero-order valence-corrected chi connectivity index (χ0v) is 11.9. The van der Waals surface area contributed by atoms with Crippen LogP contribution in [-0.4, -0.2) is 15.0 Å². The molecular weight excluding hydrogens is 248 g/mol. The molecule has 18 heavy (non-hydrogen) atoms. The molecule has 0 aliphatic rings. The molecule has 0 amide bonds. The minimum atomic E-state index is -3.43. The van der Waals surface area contributed by atoms with Crippen molar-refractivity contribution >= 4 is 15.7 Å². The molecule has 5 heteroatoms. The van der Waals surface area contributed by atoms with E-state index in [0.29, 0.717) is 17.8 Å². The molecule has 1 aromatic rings. The fraction of sp³-hybridized carbons (Fsp3) is 0.538. The number of nitrogens with two attached hydrogens (primary N) is 1. The summed E-state index contributed by atoms with van der Waals surface area (Å²) in [7, 11) is -3.43. The van der Waals surface area contributed by atoms with Crippen LogP contribution in [0.2, 0.25) is 0 Å². The molecule has 0 fully saturated rings. The van der Waals surface area contributed by atoms with Crippen LogP contribution >= 0.6 is 0 Å². The summed E-state index contributed by atoms with van der Waals surface area (Å²) in [5.41, 5.74) is 6.83. The van der Waals surface area contributed by atoms with Crippen molar-refractivity contribution in [2.45, 2.75) is 44.4 Å². The molecule has 0 aliphatic heterocycles. The first kappa shape index (κ1) is 15.0. The van der Waals surface area contributed by atoms with E-state index in [2.05, 4.69) is 11.6 Å². The molecule has 0 unspecified atom stereocenters. The second-order valence-electron chi connectivity index (χ2n) is 4.43. The lowest BCUT2D eigenvalue weighted by Gasteiger charge is -2.10. The molecule has 0 saturated heterocycles. The van der Waals surface area contributed by atoms with Crippen LogP contribution in [0.3, 0.4) is 0 Å². The summed E-state index contributed by atoms with van der Waals surface area (Å²) in [5.74, 6) is 0. The highest BCUT2D eigenvalue weighted by atomic mass is 32.2. The Balaban J connectivity index is 2.66. The molecule has 4 nitrogen and oxygen atoms in total. The second-order valence-corrected chi connectivity index (χ2v) is 6.16. The lowest BCUT2D eigenvalue weighted by Crippen LogP contribution is -2.25. The third-order valence-corrected chi connectivity index (χ3v) is 4.54. The van der Waals surface area contributed by atoms with Gasteiger partial charge in [-0.25, -0.2) is 13.1 Å². The quantitative estimate of drug-likeness (QED) is 0.590. The number of hydrogen-bond acceptors (Lipinski definition) is 3. The van der Waals surface area contributed by atoms with Gasteiger partial charge < -0.3 is 5.73 Å². The van der Waals surface area contributed by atoms with Crippen LogP contribution in [0.5, 0.6) is 0 Å². The fourth-order valence-electron chi connectivity index (χ4n) is 1.76. The Morgan fingerprint density at radius 1 is 1.22 bits per heavy atom. The monoisotopic (exact) mass is 270 g/mol. The largest absolute Gasteiger partial charge is 0.398 e. The molecule has 0 bridgehead atoms. The standard InChI is InChI=1S/C13H22N2O2S/c1-3-4-5-6-10-15-18(16,17)13-9-7-8-12(14)11(13)2/h7-9,15H,3-6,10,14H2,1-2H3. The number of nitrogens with one attached hydrogen (secondary N) is 1. The fourth-order valence-corrected chi connectivity index (χ4v) is 3.11. The summed E-state index contributed by atoms with van der Waals surface area (Å²) in [4.78, 5) is 0.276. The summed E-state index contributed by atoms with van der Waals surface area (Å²) >= 11 is 0. The van der Waals surface area contributed by atoms with Gasteiger partial charge >= 0.3 is 0 Å². The van der Waals surface area contributed by atoms with E-state index in [4.69, 9.17) is 5.73 Å². The Morgan fingerprint density at radius 2 is 1.94 bits per heavy atom. The van der Waals surface area contributed by atoms with Crippen LogP contribution in [-0.2, 0) is 10.0 Å². The van der Waals surface area contributed by atoms with Gasteiger partial charge in [0.1, 0.15) is 0 Å². The zero-order chi connectivity index (χ0) is 13.6. The van der Waals surface area contributed by atoms with Gasteiger partial charge in [0.25, 0.3) is 0 Å². The van der Waals surface area contributed by atoms with Gasteiger partial charge in [0, 0.05) is 12.2 Å². The highest BCUT2D eigenvalue weighted by molar-refractivity contribution is 7.89. The van der Waals surface area contributed by atoms with E-state index in [1.165, 1.54) is 0 Å². The molecule has 0 spiro atoms. The van der Waals surface area contributed by atoms with Gasteiger partial charge in [-0.05, 0) is 31.0 Å². The Morgan fingerprint density at radius 3 is 2.61 bits per heavy atom. The van der Waals surface area contributed by atoms with E-state index in [0.717, 1.165) is 25.7 Å². The number of unbranched alkanes of at least 4 members (excludes halogenated alkanes) is 3. The van der Waals surface area contributed by atoms with Crippen LogP contribution in [0.15, 0.2) is 23.1 Å². The van der Waals surface area contributed by atoms with E-state index in [1.807, 2.05) is 0 Å². The van der Waals surface area contributed by atoms with E-state index < -0.39 is 10.0 Å². The summed E-state index contributed by atoms with van der Waals surface area (Å²) < 4.78 is 26.8. The summed E-state index contributed by atoms with van der Waals surface area (Å²) in [6, 6.07) is 4.95. The van der Waals surface area contributed by atoms with Crippen LogP contribution < -0.4 is 10.5 Å². The topological polar surface area (TPSA) is 72.2 Å². The Hall–Kier alpha value is -1.07. The van der Waals surface area contributed by atoms with Crippen molar-refractivity contribution in [1.29, 1.82) is 0 Å². The summed E-state index contributed by atoms with van der Waals surface area (Å²) in [6.45, 7) is 4.33. The third-order valence-electron chi connectivity index (χ3n) is 2.94. The van der Waals surface area contributed by atoms with Gasteiger partial charge in [0.05, 0.1) is 4.90 Å². The minimum absolute atomic E-state index is 0.276. The van der Waals surface area contributed by atoms with E-state index in [-0.39, 0.29) is 4.90 Å². The maximum Gasteiger partial charge on any atom is 0.240 e. The molecule has 102 valence electrons. The predicted octanol–water partition coefficient (Wildman–Crippen LogP) is 2.44. The highest BCUT2D eigenvalue weighted by Crippen LogP contribution is 2.20. The summed E-state index contributed by atoms with van der Waals surface area (Å²) in [5, 5.41) is 0. The predicted molar refractivity (Wildman–Crippen MR) is 74.9 cm³/mol. The molecule has 0 heterocycles. The first-order chi connectivity index (χ1) is 8.49. The van der Waals surface area contributed by atoms with E-state index >= 15 is 0 Å². The van der Waals surface area contributed by atoms with Crippen molar-refractivity contribution in [3.63, 3.8) is 0 Å². The average molecular weight is 270 g/mol. The maximum atomic E-state index is 12.1. The van der Waals surface area contributed by atoms with Crippen LogP contribution in [0, 0.1) is 6.92 Å². The number of rotatable bonds is 7. The molecule has 0 aliphatic carbocycles. The number of sulfonamides is 1. The summed E-state index contributed by atoms with van der Waals surface area (Å²) in [6.07, 6.45) is 4.20. The number of nitrogen functional groups attached to an aromatic ring is 1. The van der Waals surface area contributed by atoms with Gasteiger partial charge in [0.2, 0.25) is 10.0 Å². The molecule has 0 saturated carbocycles. The first-order valence-corrected chi connectivity index (χ1v) is 7.82. The molecule has 0 radical (unpaired) electrons. The lowest BCUT2D eigenvalue weighted by atomic mass is 10.2. The second kappa shape index (κ2) is 6.75. The molecule has 3 N–H and O–H groups in total. The number of anilines is 1. The molecule has 0 atom stereocenters. The van der Waals surface area contributed by atoms with Gasteiger partial charge in [-0.1, -0.05) is 32.3 Å². The number of benzene rings is 1. The molecule has 0 aromatic heterocycles. The van der Waals surface area contributed by atoms with Crippen molar-refractivity contribution in [1.82, 2.24) is 4.72 Å². The minimum Gasteiger partial charge on any atom is -0.398 e. The van der Waals surface area contributed by atoms with Gasteiger partial charge in [-0.3, -0.25) is 0 Å². The SMILES string of the molecule is CCCCCCNS(=O)(=O)c1cccc(N)c1C. The zero-order valence-electron chi connectivity index (χ0n) is 11.1. The van der Waals surface area contributed by atoms with Crippen LogP contribution in [0.1, 0.15) is 38.2 Å². The van der Waals surface area contributed by atoms with Crippen LogP contribution in [0.4, 0.5) is 5.69 Å². The third kappa shape index (κ3) is 3.99. The van der Waals surface area contributed by atoms with Gasteiger partial charge in [-0.2, -0.15) is 0 Å². The molecule has 1 rings (SSSR count). The van der Waals surface area contributed by atoms with E-state index in [9.17, 15) is 8.42 Å². The van der Waals surface area contributed by atoms with Gasteiger partial charge in [0.15, 0.2) is 0 Å². The van der Waals surface area contributed by atoms with Crippen molar-refractivity contribution in [2.24, 2.45) is 0 Å². The van der Waals surface area contributed by atoms with Crippen molar-refractivity contribution < 1.29 is 8.42 Å². The Labute approximate surface area is 110 Å². The smallest absolute Gasteiger partial charge is 0.240 e. The first-order valence-electron chi connectivity index (χ1n) is 6.33. The number of hydrogen-bond donors (Lipinski definition) is 2. The lowest BCUT2D eigenvalue weighted by molar-refractivity contribution is 0.573. The Kier molecular flexibility index (Phi) is 5.62.